The summed E-state index contributed by atoms with van der Waals surface area (Å²) in [7, 11) is 1.84. The molecule has 146 valence electrons. The Kier molecular flexibility index (Phi) is 7.29. The monoisotopic (exact) mass is 361 g/mol. The summed E-state index contributed by atoms with van der Waals surface area (Å²) in [5, 5.41) is 11.5. The number of aryl methyl sites for hydroxylation is 2. The lowest BCUT2D eigenvalue weighted by molar-refractivity contribution is 0.224. The van der Waals surface area contributed by atoms with Crippen LogP contribution in [0, 0.1) is 6.92 Å². The molecule has 0 aromatic carbocycles. The van der Waals surface area contributed by atoms with Crippen LogP contribution in [0.4, 0.5) is 0 Å². The molecule has 2 aliphatic heterocycles. The molecule has 7 heteroatoms. The lowest BCUT2D eigenvalue weighted by Gasteiger charge is -2.26. The van der Waals surface area contributed by atoms with Crippen molar-refractivity contribution in [3.63, 3.8) is 0 Å². The maximum absolute atomic E-state index is 4.59. The van der Waals surface area contributed by atoms with Crippen molar-refractivity contribution in [1.82, 2.24) is 30.3 Å². The third-order valence-electron chi connectivity index (χ3n) is 5.41. The molecule has 0 amide bonds. The first-order chi connectivity index (χ1) is 12.8. The van der Waals surface area contributed by atoms with Crippen LogP contribution in [-0.4, -0.2) is 58.9 Å². The predicted octanol–water partition coefficient (Wildman–Crippen LogP) is 2.24. The molecule has 1 aromatic heterocycles. The Morgan fingerprint density at radius 2 is 1.96 bits per heavy atom. The number of nitrogens with one attached hydrogen (secondary N) is 2. The number of likely N-dealkylation sites (tertiary alicyclic amines) is 1. The first-order valence-corrected chi connectivity index (χ1v) is 10.4. The number of fused-ring (bicyclic) bond motifs is 1. The summed E-state index contributed by atoms with van der Waals surface area (Å²) >= 11 is 0. The summed E-state index contributed by atoms with van der Waals surface area (Å²) in [6, 6.07) is 0.204. The minimum Gasteiger partial charge on any atom is -0.356 e. The van der Waals surface area contributed by atoms with Crippen LogP contribution in [0.5, 0.6) is 0 Å². The fraction of sp³-hybridized carbons (Fsp3) is 0.842. The first kappa shape index (κ1) is 19.1. The molecular weight excluding hydrogens is 326 g/mol. The van der Waals surface area contributed by atoms with E-state index < -0.39 is 0 Å². The van der Waals surface area contributed by atoms with Crippen molar-refractivity contribution in [2.24, 2.45) is 4.99 Å². The number of rotatable bonds is 7. The molecule has 0 radical (unpaired) electrons. The predicted molar refractivity (Wildman–Crippen MR) is 105 cm³/mol. The van der Waals surface area contributed by atoms with Crippen LogP contribution in [0.25, 0.3) is 0 Å². The highest BCUT2D eigenvalue weighted by Crippen LogP contribution is 2.22. The number of piperidine rings is 1. The minimum atomic E-state index is 0.204. The molecule has 1 unspecified atom stereocenters. The third kappa shape index (κ3) is 5.43. The highest BCUT2D eigenvalue weighted by molar-refractivity contribution is 5.80. The highest BCUT2D eigenvalue weighted by atomic mass is 15.4. The number of unbranched alkanes of at least 4 members (excludes halogenated alkanes) is 2. The Hall–Kier alpha value is -1.63. The second-order valence-corrected chi connectivity index (χ2v) is 7.54. The number of guanidine groups is 1. The molecule has 0 bridgehead atoms. The lowest BCUT2D eigenvalue weighted by Crippen LogP contribution is -2.41. The van der Waals surface area contributed by atoms with Crippen molar-refractivity contribution in [2.75, 3.05) is 33.2 Å². The fourth-order valence-electron chi connectivity index (χ4n) is 3.99. The van der Waals surface area contributed by atoms with Gasteiger partial charge < -0.3 is 15.5 Å². The van der Waals surface area contributed by atoms with Crippen molar-refractivity contribution in [3.8, 4) is 0 Å². The molecule has 3 heterocycles. The Balaban J connectivity index is 1.34. The topological polar surface area (TPSA) is 70.4 Å². The van der Waals surface area contributed by atoms with E-state index in [0.717, 1.165) is 43.5 Å². The first-order valence-electron chi connectivity index (χ1n) is 10.4. The van der Waals surface area contributed by atoms with Gasteiger partial charge >= 0.3 is 0 Å². The number of hydrogen-bond donors (Lipinski definition) is 2. The molecule has 0 spiro atoms. The molecule has 0 saturated carbocycles. The quantitative estimate of drug-likeness (QED) is 0.443. The summed E-state index contributed by atoms with van der Waals surface area (Å²) in [4.78, 5) is 11.6. The lowest BCUT2D eigenvalue weighted by atomic mass is 10.1. The number of aliphatic imine (C=N–C) groups is 1. The molecule has 3 rings (SSSR count). The second-order valence-electron chi connectivity index (χ2n) is 7.54. The SMILES string of the molecule is CN=C(NCCCCCN1CCCCC1)NC1CCCn2nc(C)nc21. The molecule has 1 aromatic rings. The van der Waals surface area contributed by atoms with E-state index in [9.17, 15) is 0 Å². The number of aromatic nitrogens is 3. The van der Waals surface area contributed by atoms with Gasteiger partial charge in [0.15, 0.2) is 5.96 Å². The molecule has 7 nitrogen and oxygen atoms in total. The van der Waals surface area contributed by atoms with Crippen LogP contribution < -0.4 is 10.6 Å². The summed E-state index contributed by atoms with van der Waals surface area (Å²) in [5.74, 6) is 2.77. The van der Waals surface area contributed by atoms with Gasteiger partial charge in [-0.2, -0.15) is 5.10 Å². The van der Waals surface area contributed by atoms with Gasteiger partial charge in [0.2, 0.25) is 0 Å². The highest BCUT2D eigenvalue weighted by Gasteiger charge is 2.24. The van der Waals surface area contributed by atoms with E-state index in [1.807, 2.05) is 18.7 Å². The minimum absolute atomic E-state index is 0.204. The molecule has 26 heavy (non-hydrogen) atoms. The zero-order chi connectivity index (χ0) is 18.2. The zero-order valence-corrected chi connectivity index (χ0v) is 16.5. The van der Waals surface area contributed by atoms with Crippen LogP contribution in [0.1, 0.15) is 69.1 Å². The third-order valence-corrected chi connectivity index (χ3v) is 5.41. The summed E-state index contributed by atoms with van der Waals surface area (Å²) in [6.45, 7) is 7.78. The molecule has 1 atom stereocenters. The Morgan fingerprint density at radius 3 is 2.77 bits per heavy atom. The van der Waals surface area contributed by atoms with Crippen molar-refractivity contribution in [2.45, 2.75) is 70.9 Å². The van der Waals surface area contributed by atoms with Gasteiger partial charge in [0.1, 0.15) is 11.6 Å². The van der Waals surface area contributed by atoms with Gasteiger partial charge in [-0.25, -0.2) is 9.67 Å². The van der Waals surface area contributed by atoms with E-state index in [1.165, 1.54) is 58.2 Å². The second kappa shape index (κ2) is 9.90. The molecule has 2 N–H and O–H groups in total. The Bertz CT molecular complexity index is 574. The average Bonchev–Trinajstić information content (AvgIpc) is 3.05. The summed E-state index contributed by atoms with van der Waals surface area (Å²) < 4.78 is 2.03. The number of nitrogens with zero attached hydrogens (tertiary/aromatic N) is 5. The smallest absolute Gasteiger partial charge is 0.191 e. The Morgan fingerprint density at radius 1 is 1.12 bits per heavy atom. The van der Waals surface area contributed by atoms with E-state index in [4.69, 9.17) is 0 Å². The molecule has 1 fully saturated rings. The largest absolute Gasteiger partial charge is 0.356 e. The fourth-order valence-corrected chi connectivity index (χ4v) is 3.99. The summed E-state index contributed by atoms with van der Waals surface area (Å²) in [5.41, 5.74) is 0. The molecular formula is C19H35N7. The van der Waals surface area contributed by atoms with Gasteiger partial charge in [-0.3, -0.25) is 4.99 Å². The van der Waals surface area contributed by atoms with E-state index >= 15 is 0 Å². The summed E-state index contributed by atoms with van der Waals surface area (Å²) in [6.07, 6.45) is 10.2. The van der Waals surface area contributed by atoms with E-state index in [0.29, 0.717) is 0 Å². The van der Waals surface area contributed by atoms with Crippen LogP contribution in [0.15, 0.2) is 4.99 Å². The van der Waals surface area contributed by atoms with Crippen molar-refractivity contribution < 1.29 is 0 Å². The molecule has 0 aliphatic carbocycles. The van der Waals surface area contributed by atoms with Crippen LogP contribution in [0.2, 0.25) is 0 Å². The van der Waals surface area contributed by atoms with Crippen molar-refractivity contribution in [3.05, 3.63) is 11.6 Å². The van der Waals surface area contributed by atoms with E-state index in [1.54, 1.807) is 0 Å². The molecule has 1 saturated heterocycles. The normalized spacial score (nSPS) is 21.5. The molecule has 2 aliphatic rings. The van der Waals surface area contributed by atoms with Crippen LogP contribution in [0.3, 0.4) is 0 Å². The van der Waals surface area contributed by atoms with Gasteiger partial charge in [-0.05, 0) is 65.1 Å². The van der Waals surface area contributed by atoms with Gasteiger partial charge in [0.25, 0.3) is 0 Å². The van der Waals surface area contributed by atoms with Crippen LogP contribution >= 0.6 is 0 Å². The van der Waals surface area contributed by atoms with Gasteiger partial charge in [0, 0.05) is 20.1 Å². The standard InChI is InChI=1S/C19H35N7/c1-16-22-18-17(10-9-15-26(18)24-16)23-19(20-2)21-11-5-3-6-12-25-13-7-4-8-14-25/h17H,3-15H2,1-2H3,(H2,20,21,23). The average molecular weight is 362 g/mol. The van der Waals surface area contributed by atoms with Gasteiger partial charge in [-0.1, -0.05) is 12.8 Å². The van der Waals surface area contributed by atoms with Crippen LogP contribution in [-0.2, 0) is 6.54 Å². The van der Waals surface area contributed by atoms with E-state index in [2.05, 4.69) is 30.6 Å². The maximum Gasteiger partial charge on any atom is 0.191 e. The maximum atomic E-state index is 4.59. The van der Waals surface area contributed by atoms with Crippen molar-refractivity contribution >= 4 is 5.96 Å². The van der Waals surface area contributed by atoms with Crippen molar-refractivity contribution in [1.29, 1.82) is 0 Å². The zero-order valence-electron chi connectivity index (χ0n) is 16.5. The van der Waals surface area contributed by atoms with E-state index in [-0.39, 0.29) is 6.04 Å². The van der Waals surface area contributed by atoms with Gasteiger partial charge in [-0.15, -0.1) is 0 Å². The Labute approximate surface area is 157 Å². The van der Waals surface area contributed by atoms with Gasteiger partial charge in [0.05, 0.1) is 6.04 Å². The number of hydrogen-bond acceptors (Lipinski definition) is 4.